The Bertz CT molecular complexity index is 200. The van der Waals surface area contributed by atoms with Crippen LogP contribution in [0.4, 0.5) is 0 Å². The molecule has 1 heterocycles. The van der Waals surface area contributed by atoms with E-state index in [1.807, 2.05) is 6.08 Å². The van der Waals surface area contributed by atoms with E-state index in [-0.39, 0.29) is 11.3 Å². The lowest BCUT2D eigenvalue weighted by atomic mass is 9.86. The van der Waals surface area contributed by atoms with Gasteiger partial charge in [0.15, 0.2) is 0 Å². The van der Waals surface area contributed by atoms with Crippen molar-refractivity contribution in [1.82, 2.24) is 4.90 Å². The zero-order valence-corrected chi connectivity index (χ0v) is 7.97. The third-order valence-electron chi connectivity index (χ3n) is 2.78. The first-order valence-corrected chi connectivity index (χ1v) is 4.46. The van der Waals surface area contributed by atoms with Crippen molar-refractivity contribution in [2.24, 2.45) is 0 Å². The fraction of sp³-hybridized carbons (Fsp3) is 0.700. The van der Waals surface area contributed by atoms with Crippen LogP contribution in [-0.4, -0.2) is 29.3 Å². The summed E-state index contributed by atoms with van der Waals surface area (Å²) < 4.78 is 0. The molecule has 0 aromatic carbocycles. The number of rotatable bonds is 4. The smallest absolute Gasteiger partial charge is 0.131 e. The molecule has 1 rings (SSSR count). The molecule has 0 radical (unpaired) electrons. The lowest BCUT2D eigenvalue weighted by Crippen LogP contribution is -2.56. The maximum atomic E-state index is 10.7. The van der Waals surface area contributed by atoms with Crippen LogP contribution in [0.3, 0.4) is 0 Å². The van der Waals surface area contributed by atoms with Gasteiger partial charge in [-0.3, -0.25) is 9.69 Å². The van der Waals surface area contributed by atoms with Crippen molar-refractivity contribution < 1.29 is 4.79 Å². The Balaban J connectivity index is 2.34. The molecule has 0 aromatic rings. The standard InChI is InChI=1S/C10H17NO/c1-4-10(3)6-8-11(10)7-5-9(2)12/h4H,1,5-8H2,2-3H3. The summed E-state index contributed by atoms with van der Waals surface area (Å²) in [7, 11) is 0. The number of ketones is 1. The van der Waals surface area contributed by atoms with E-state index >= 15 is 0 Å². The molecule has 0 aromatic heterocycles. The average molecular weight is 167 g/mol. The van der Waals surface area contributed by atoms with Crippen molar-refractivity contribution in [3.05, 3.63) is 12.7 Å². The summed E-state index contributed by atoms with van der Waals surface area (Å²) in [6, 6.07) is 0. The Kier molecular flexibility index (Phi) is 2.68. The molecule has 1 aliphatic rings. The number of nitrogens with zero attached hydrogens (tertiary/aromatic N) is 1. The topological polar surface area (TPSA) is 20.3 Å². The SMILES string of the molecule is C=CC1(C)CCN1CCC(C)=O. The van der Waals surface area contributed by atoms with Crippen LogP contribution in [0.15, 0.2) is 12.7 Å². The summed E-state index contributed by atoms with van der Waals surface area (Å²) in [5.74, 6) is 0.272. The number of likely N-dealkylation sites (tertiary alicyclic amines) is 1. The van der Waals surface area contributed by atoms with Crippen LogP contribution >= 0.6 is 0 Å². The average Bonchev–Trinajstić information content (AvgIpc) is 2.01. The van der Waals surface area contributed by atoms with Gasteiger partial charge in [-0.1, -0.05) is 6.08 Å². The molecular weight excluding hydrogens is 150 g/mol. The maximum absolute atomic E-state index is 10.7. The highest BCUT2D eigenvalue weighted by atomic mass is 16.1. The van der Waals surface area contributed by atoms with Gasteiger partial charge in [-0.05, 0) is 20.3 Å². The van der Waals surface area contributed by atoms with E-state index in [0.717, 1.165) is 13.1 Å². The Morgan fingerprint density at radius 2 is 2.42 bits per heavy atom. The maximum Gasteiger partial charge on any atom is 0.131 e. The number of Topliss-reactive ketones (excluding diaryl/α,β-unsaturated/α-hetero) is 1. The van der Waals surface area contributed by atoms with Crippen LogP contribution in [0.5, 0.6) is 0 Å². The largest absolute Gasteiger partial charge is 0.300 e. The predicted molar refractivity (Wildman–Crippen MR) is 50.1 cm³/mol. The molecule has 0 saturated carbocycles. The predicted octanol–water partition coefficient (Wildman–Crippen LogP) is 1.62. The number of hydrogen-bond donors (Lipinski definition) is 0. The van der Waals surface area contributed by atoms with Crippen LogP contribution in [0.25, 0.3) is 0 Å². The van der Waals surface area contributed by atoms with Crippen molar-refractivity contribution in [1.29, 1.82) is 0 Å². The molecule has 0 spiro atoms. The second-order valence-corrected chi connectivity index (χ2v) is 3.75. The van der Waals surface area contributed by atoms with E-state index in [4.69, 9.17) is 0 Å². The Morgan fingerprint density at radius 3 is 2.75 bits per heavy atom. The zero-order valence-electron chi connectivity index (χ0n) is 7.97. The molecule has 2 heteroatoms. The van der Waals surface area contributed by atoms with Crippen molar-refractivity contribution in [2.45, 2.75) is 32.2 Å². The minimum atomic E-state index is 0.162. The summed E-state index contributed by atoms with van der Waals surface area (Å²) in [5.41, 5.74) is 0.162. The van der Waals surface area contributed by atoms with E-state index in [1.165, 1.54) is 6.42 Å². The Morgan fingerprint density at radius 1 is 1.75 bits per heavy atom. The van der Waals surface area contributed by atoms with Crippen LogP contribution in [0.2, 0.25) is 0 Å². The van der Waals surface area contributed by atoms with E-state index in [0.29, 0.717) is 6.42 Å². The monoisotopic (exact) mass is 167 g/mol. The minimum Gasteiger partial charge on any atom is -0.300 e. The molecule has 0 amide bonds. The van der Waals surface area contributed by atoms with Gasteiger partial charge in [0, 0.05) is 25.0 Å². The van der Waals surface area contributed by atoms with Gasteiger partial charge in [-0.25, -0.2) is 0 Å². The molecule has 0 N–H and O–H groups in total. The van der Waals surface area contributed by atoms with Gasteiger partial charge >= 0.3 is 0 Å². The van der Waals surface area contributed by atoms with E-state index in [2.05, 4.69) is 18.4 Å². The molecule has 0 bridgehead atoms. The van der Waals surface area contributed by atoms with E-state index in [1.54, 1.807) is 6.92 Å². The highest BCUT2D eigenvalue weighted by molar-refractivity contribution is 5.75. The molecule has 1 unspecified atom stereocenters. The molecule has 68 valence electrons. The molecule has 1 fully saturated rings. The van der Waals surface area contributed by atoms with E-state index < -0.39 is 0 Å². The zero-order chi connectivity index (χ0) is 9.19. The van der Waals surface area contributed by atoms with Gasteiger partial charge in [0.05, 0.1) is 0 Å². The van der Waals surface area contributed by atoms with E-state index in [9.17, 15) is 4.79 Å². The number of carbonyl (C=O) groups excluding carboxylic acids is 1. The first kappa shape index (κ1) is 9.46. The lowest BCUT2D eigenvalue weighted by Gasteiger charge is -2.49. The summed E-state index contributed by atoms with van der Waals surface area (Å²) in [5, 5.41) is 0. The molecular formula is C10H17NO. The van der Waals surface area contributed by atoms with Crippen molar-refractivity contribution in [2.75, 3.05) is 13.1 Å². The van der Waals surface area contributed by atoms with Crippen molar-refractivity contribution in [3.8, 4) is 0 Å². The van der Waals surface area contributed by atoms with Crippen molar-refractivity contribution >= 4 is 5.78 Å². The molecule has 2 nitrogen and oxygen atoms in total. The first-order valence-electron chi connectivity index (χ1n) is 4.46. The van der Waals surface area contributed by atoms with Gasteiger partial charge in [0.1, 0.15) is 5.78 Å². The number of hydrogen-bond acceptors (Lipinski definition) is 2. The summed E-state index contributed by atoms with van der Waals surface area (Å²) in [4.78, 5) is 13.0. The Labute approximate surface area is 74.2 Å². The highest BCUT2D eigenvalue weighted by Gasteiger charge is 2.36. The minimum absolute atomic E-state index is 0.162. The van der Waals surface area contributed by atoms with Crippen LogP contribution < -0.4 is 0 Å². The molecule has 1 atom stereocenters. The second kappa shape index (κ2) is 3.40. The van der Waals surface area contributed by atoms with Crippen molar-refractivity contribution in [3.63, 3.8) is 0 Å². The molecule has 0 aliphatic carbocycles. The normalized spacial score (nSPS) is 29.5. The Hall–Kier alpha value is -0.630. The van der Waals surface area contributed by atoms with Gasteiger partial charge < -0.3 is 0 Å². The van der Waals surface area contributed by atoms with Gasteiger partial charge in [-0.2, -0.15) is 0 Å². The van der Waals surface area contributed by atoms with Gasteiger partial charge in [-0.15, -0.1) is 6.58 Å². The highest BCUT2D eigenvalue weighted by Crippen LogP contribution is 2.30. The van der Waals surface area contributed by atoms with Gasteiger partial charge in [0.25, 0.3) is 0 Å². The van der Waals surface area contributed by atoms with Crippen LogP contribution in [0.1, 0.15) is 26.7 Å². The lowest BCUT2D eigenvalue weighted by molar-refractivity contribution is -0.118. The van der Waals surface area contributed by atoms with Crippen LogP contribution in [0, 0.1) is 0 Å². The molecule has 1 aliphatic heterocycles. The summed E-state index contributed by atoms with van der Waals surface area (Å²) in [6.07, 6.45) is 3.83. The summed E-state index contributed by atoms with van der Waals surface area (Å²) in [6.45, 7) is 9.61. The second-order valence-electron chi connectivity index (χ2n) is 3.75. The quantitative estimate of drug-likeness (QED) is 0.593. The molecule has 1 saturated heterocycles. The fourth-order valence-electron chi connectivity index (χ4n) is 1.51. The number of carbonyl (C=O) groups is 1. The van der Waals surface area contributed by atoms with Gasteiger partial charge in [0.2, 0.25) is 0 Å². The molecule has 12 heavy (non-hydrogen) atoms. The third-order valence-corrected chi connectivity index (χ3v) is 2.78. The third kappa shape index (κ3) is 1.75. The fourth-order valence-corrected chi connectivity index (χ4v) is 1.51. The van der Waals surface area contributed by atoms with Crippen LogP contribution in [-0.2, 0) is 4.79 Å². The summed E-state index contributed by atoms with van der Waals surface area (Å²) >= 11 is 0. The first-order chi connectivity index (χ1) is 5.58.